The number of aliphatic hydroxyl groups is 2. The third-order valence-electron chi connectivity index (χ3n) is 3.74. The fraction of sp³-hybridized carbons (Fsp3) is 0.333. The van der Waals surface area contributed by atoms with Crippen molar-refractivity contribution in [3.63, 3.8) is 0 Å². The Morgan fingerprint density at radius 3 is 1.64 bits per heavy atom. The average Bonchev–Trinajstić information content (AvgIpc) is 2.54. The van der Waals surface area contributed by atoms with Crippen LogP contribution in [0.15, 0.2) is 48.5 Å². The van der Waals surface area contributed by atoms with Crippen molar-refractivity contribution in [3.8, 4) is 11.5 Å². The molecule has 2 rings (SSSR count). The third-order valence-corrected chi connectivity index (χ3v) is 3.74. The summed E-state index contributed by atoms with van der Waals surface area (Å²) >= 11 is 0. The molecule has 0 aliphatic rings. The molecule has 0 bridgehead atoms. The molecule has 118 valence electrons. The zero-order valence-electron chi connectivity index (χ0n) is 13.0. The van der Waals surface area contributed by atoms with Crippen molar-refractivity contribution in [1.82, 2.24) is 0 Å². The number of hydrogen-bond acceptors (Lipinski definition) is 4. The highest BCUT2D eigenvalue weighted by molar-refractivity contribution is 5.41. The molecule has 0 aliphatic heterocycles. The van der Waals surface area contributed by atoms with Gasteiger partial charge in [0.2, 0.25) is 0 Å². The van der Waals surface area contributed by atoms with Crippen molar-refractivity contribution in [2.75, 3.05) is 20.0 Å². The first-order chi connectivity index (χ1) is 10.6. The molecule has 0 radical (unpaired) electrons. The summed E-state index contributed by atoms with van der Waals surface area (Å²) in [5.74, 6) is 1.40. The summed E-state index contributed by atoms with van der Waals surface area (Å²) in [7, 11) is 0. The van der Waals surface area contributed by atoms with E-state index in [0.717, 1.165) is 11.3 Å². The summed E-state index contributed by atoms with van der Waals surface area (Å²) in [5.41, 5.74) is 2.16. The first-order valence-electron chi connectivity index (χ1n) is 7.26. The SMILES string of the molecule is CC(C)(c1ccc(OCO)cc1)c1ccc(OCCO)cc1. The Hall–Kier alpha value is -2.04. The second kappa shape index (κ2) is 7.29. The monoisotopic (exact) mass is 302 g/mol. The van der Waals surface area contributed by atoms with Gasteiger partial charge in [0.25, 0.3) is 0 Å². The van der Waals surface area contributed by atoms with Crippen molar-refractivity contribution >= 4 is 0 Å². The van der Waals surface area contributed by atoms with E-state index in [2.05, 4.69) is 13.8 Å². The minimum absolute atomic E-state index is 0.00943. The Morgan fingerprint density at radius 2 is 1.23 bits per heavy atom. The summed E-state index contributed by atoms with van der Waals surface area (Å²) in [4.78, 5) is 0. The molecule has 0 fully saturated rings. The number of hydrogen-bond donors (Lipinski definition) is 2. The topological polar surface area (TPSA) is 58.9 Å². The predicted octanol–water partition coefficient (Wildman–Crippen LogP) is 2.71. The molecule has 2 N–H and O–H groups in total. The molecule has 0 heterocycles. The first-order valence-corrected chi connectivity index (χ1v) is 7.26. The lowest BCUT2D eigenvalue weighted by Gasteiger charge is -2.26. The Labute approximate surface area is 130 Å². The second-order valence-corrected chi connectivity index (χ2v) is 5.52. The molecule has 4 nitrogen and oxygen atoms in total. The van der Waals surface area contributed by atoms with Crippen molar-refractivity contribution < 1.29 is 19.7 Å². The minimum Gasteiger partial charge on any atom is -0.491 e. The van der Waals surface area contributed by atoms with Crippen molar-refractivity contribution in [3.05, 3.63) is 59.7 Å². The maximum atomic E-state index is 8.77. The molecule has 2 aromatic carbocycles. The van der Waals surface area contributed by atoms with Crippen molar-refractivity contribution in [2.45, 2.75) is 19.3 Å². The molecule has 0 aliphatic carbocycles. The molecule has 2 aromatic rings. The molecule has 0 spiro atoms. The van der Waals surface area contributed by atoms with E-state index in [1.807, 2.05) is 48.5 Å². The van der Waals surface area contributed by atoms with Gasteiger partial charge < -0.3 is 19.7 Å². The lowest BCUT2D eigenvalue weighted by Crippen LogP contribution is -2.18. The van der Waals surface area contributed by atoms with Crippen LogP contribution in [0.1, 0.15) is 25.0 Å². The lowest BCUT2D eigenvalue weighted by molar-refractivity contribution is 0.0985. The van der Waals surface area contributed by atoms with Gasteiger partial charge in [-0.05, 0) is 35.4 Å². The zero-order valence-corrected chi connectivity index (χ0v) is 13.0. The zero-order chi connectivity index (χ0) is 16.0. The van der Waals surface area contributed by atoms with Crippen LogP contribution in [-0.4, -0.2) is 30.2 Å². The van der Waals surface area contributed by atoms with E-state index in [-0.39, 0.29) is 18.8 Å². The van der Waals surface area contributed by atoms with Gasteiger partial charge in [-0.1, -0.05) is 38.1 Å². The normalized spacial score (nSPS) is 11.3. The van der Waals surface area contributed by atoms with Crippen LogP contribution in [0.3, 0.4) is 0 Å². The van der Waals surface area contributed by atoms with Crippen molar-refractivity contribution in [2.24, 2.45) is 0 Å². The standard InChI is InChI=1S/C18H22O4/c1-18(2,15-5-9-17(10-6-15)22-13-20)14-3-7-16(8-4-14)21-12-11-19/h3-10,19-20H,11-13H2,1-2H3. The van der Waals surface area contributed by atoms with Gasteiger partial charge in [0.05, 0.1) is 6.61 Å². The molecule has 0 saturated carbocycles. The van der Waals surface area contributed by atoms with E-state index in [0.29, 0.717) is 12.4 Å². The summed E-state index contributed by atoms with van der Waals surface area (Å²) < 4.78 is 10.4. The van der Waals surface area contributed by atoms with Gasteiger partial charge in [-0.15, -0.1) is 0 Å². The maximum absolute atomic E-state index is 8.77. The first kappa shape index (κ1) is 16.3. The molecule has 22 heavy (non-hydrogen) atoms. The van der Waals surface area contributed by atoms with Gasteiger partial charge >= 0.3 is 0 Å². The van der Waals surface area contributed by atoms with Crippen LogP contribution >= 0.6 is 0 Å². The second-order valence-electron chi connectivity index (χ2n) is 5.52. The summed E-state index contributed by atoms with van der Waals surface area (Å²) in [6.45, 7) is 4.29. The quantitative estimate of drug-likeness (QED) is 0.772. The molecule has 0 saturated heterocycles. The molecule has 0 atom stereocenters. The highest BCUT2D eigenvalue weighted by Gasteiger charge is 2.23. The number of benzene rings is 2. The highest BCUT2D eigenvalue weighted by Crippen LogP contribution is 2.33. The molecule has 0 unspecified atom stereocenters. The van der Waals surface area contributed by atoms with Gasteiger partial charge in [-0.2, -0.15) is 0 Å². The Morgan fingerprint density at radius 1 is 0.773 bits per heavy atom. The van der Waals surface area contributed by atoms with Gasteiger partial charge in [0, 0.05) is 5.41 Å². The number of ether oxygens (including phenoxy) is 2. The van der Waals surface area contributed by atoms with Crippen LogP contribution in [0.25, 0.3) is 0 Å². The average molecular weight is 302 g/mol. The lowest BCUT2D eigenvalue weighted by atomic mass is 9.78. The Balaban J connectivity index is 2.17. The molecular formula is C18H22O4. The van der Waals surface area contributed by atoms with Gasteiger partial charge in [-0.3, -0.25) is 0 Å². The summed E-state index contributed by atoms with van der Waals surface area (Å²) in [6.07, 6.45) is 0. The van der Waals surface area contributed by atoms with E-state index >= 15 is 0 Å². The van der Waals surface area contributed by atoms with E-state index < -0.39 is 0 Å². The molecule has 0 aromatic heterocycles. The smallest absolute Gasteiger partial charge is 0.186 e. The summed E-state index contributed by atoms with van der Waals surface area (Å²) in [5, 5.41) is 17.5. The van der Waals surface area contributed by atoms with Gasteiger partial charge in [0.1, 0.15) is 18.1 Å². The van der Waals surface area contributed by atoms with E-state index in [4.69, 9.17) is 19.7 Å². The van der Waals surface area contributed by atoms with Crippen molar-refractivity contribution in [1.29, 1.82) is 0 Å². The summed E-state index contributed by atoms with van der Waals surface area (Å²) in [6, 6.07) is 15.6. The Kier molecular flexibility index (Phi) is 5.41. The van der Waals surface area contributed by atoms with Crippen LogP contribution in [0.4, 0.5) is 0 Å². The number of aliphatic hydroxyl groups excluding tert-OH is 2. The van der Waals surface area contributed by atoms with Crippen LogP contribution in [0.2, 0.25) is 0 Å². The van der Waals surface area contributed by atoms with Crippen LogP contribution < -0.4 is 9.47 Å². The molecule has 4 heteroatoms. The molecular weight excluding hydrogens is 280 g/mol. The molecule has 0 amide bonds. The largest absolute Gasteiger partial charge is 0.491 e. The number of rotatable bonds is 7. The maximum Gasteiger partial charge on any atom is 0.186 e. The van der Waals surface area contributed by atoms with E-state index in [1.165, 1.54) is 5.56 Å². The predicted molar refractivity (Wildman–Crippen MR) is 85.3 cm³/mol. The van der Waals surface area contributed by atoms with Crippen LogP contribution in [-0.2, 0) is 5.41 Å². The Bertz CT molecular complexity index is 573. The van der Waals surface area contributed by atoms with Crippen LogP contribution in [0.5, 0.6) is 11.5 Å². The van der Waals surface area contributed by atoms with Gasteiger partial charge in [-0.25, -0.2) is 0 Å². The fourth-order valence-electron chi connectivity index (χ4n) is 2.34. The highest BCUT2D eigenvalue weighted by atomic mass is 16.6. The third kappa shape index (κ3) is 3.78. The van der Waals surface area contributed by atoms with E-state index in [1.54, 1.807) is 0 Å². The van der Waals surface area contributed by atoms with Crippen LogP contribution in [0, 0.1) is 0 Å². The van der Waals surface area contributed by atoms with Gasteiger partial charge in [0.15, 0.2) is 6.79 Å². The minimum atomic E-state index is -0.321. The van der Waals surface area contributed by atoms with E-state index in [9.17, 15) is 0 Å². The fourth-order valence-corrected chi connectivity index (χ4v) is 2.34.